The van der Waals surface area contributed by atoms with Gasteiger partial charge in [-0.25, -0.2) is 0 Å². The van der Waals surface area contributed by atoms with Gasteiger partial charge in [0.05, 0.1) is 12.6 Å². The van der Waals surface area contributed by atoms with Crippen LogP contribution in [0.4, 0.5) is 0 Å². The van der Waals surface area contributed by atoms with Crippen LogP contribution in [0.1, 0.15) is 40.0 Å². The number of rotatable bonds is 6. The third kappa shape index (κ3) is 4.64. The minimum atomic E-state index is 0.0768. The van der Waals surface area contributed by atoms with Crippen LogP contribution in [0.15, 0.2) is 0 Å². The van der Waals surface area contributed by atoms with Crippen molar-refractivity contribution in [2.75, 3.05) is 13.7 Å². The fraction of sp³-hybridized carbons (Fsp3) is 0.923. The maximum atomic E-state index is 11.7. The van der Waals surface area contributed by atoms with Crippen LogP contribution in [0, 0.1) is 5.92 Å². The second-order valence-corrected chi connectivity index (χ2v) is 5.29. The van der Waals surface area contributed by atoms with Gasteiger partial charge in [-0.1, -0.05) is 13.8 Å². The number of ether oxygens (including phenoxy) is 1. The van der Waals surface area contributed by atoms with Crippen molar-refractivity contribution < 1.29 is 9.53 Å². The molecule has 1 aliphatic carbocycles. The number of methoxy groups -OCH3 is 1. The molecule has 100 valence electrons. The van der Waals surface area contributed by atoms with Crippen molar-refractivity contribution in [2.24, 2.45) is 5.92 Å². The Balaban J connectivity index is 2.23. The van der Waals surface area contributed by atoms with E-state index < -0.39 is 0 Å². The largest absolute Gasteiger partial charge is 0.380 e. The highest BCUT2D eigenvalue weighted by atomic mass is 16.5. The Morgan fingerprint density at radius 2 is 2.06 bits per heavy atom. The van der Waals surface area contributed by atoms with Crippen molar-refractivity contribution in [2.45, 2.75) is 58.2 Å². The highest BCUT2D eigenvalue weighted by Gasteiger charge is 2.27. The van der Waals surface area contributed by atoms with Gasteiger partial charge in [0, 0.05) is 19.2 Å². The third-order valence-corrected chi connectivity index (χ3v) is 3.67. The number of carbonyl (C=O) groups is 1. The Morgan fingerprint density at radius 1 is 1.35 bits per heavy atom. The lowest BCUT2D eigenvalue weighted by molar-refractivity contribution is -0.121. The van der Waals surface area contributed by atoms with E-state index in [-0.39, 0.29) is 18.1 Å². The molecule has 0 radical (unpaired) electrons. The Bertz CT molecular complexity index is 244. The summed E-state index contributed by atoms with van der Waals surface area (Å²) < 4.78 is 5.38. The van der Waals surface area contributed by atoms with E-state index in [1.54, 1.807) is 7.11 Å². The standard InChI is InChI=1S/C13H26N2O2/c1-9(2)10(3)15-13(16)8-14-11-6-5-7-12(11)17-4/h9-12,14H,5-8H2,1-4H3,(H,15,16). The van der Waals surface area contributed by atoms with E-state index in [1.807, 2.05) is 6.92 Å². The topological polar surface area (TPSA) is 50.4 Å². The SMILES string of the molecule is COC1CCCC1NCC(=O)NC(C)C(C)C. The molecule has 0 bridgehead atoms. The number of hydrogen-bond donors (Lipinski definition) is 2. The molecule has 3 atom stereocenters. The van der Waals surface area contributed by atoms with E-state index in [1.165, 1.54) is 6.42 Å². The highest BCUT2D eigenvalue weighted by molar-refractivity contribution is 5.78. The molecule has 2 N–H and O–H groups in total. The van der Waals surface area contributed by atoms with Gasteiger partial charge in [-0.2, -0.15) is 0 Å². The van der Waals surface area contributed by atoms with Crippen LogP contribution in [0.25, 0.3) is 0 Å². The predicted molar refractivity (Wildman–Crippen MR) is 68.9 cm³/mol. The molecule has 1 aliphatic rings. The van der Waals surface area contributed by atoms with Crippen LogP contribution in [-0.4, -0.2) is 37.7 Å². The van der Waals surface area contributed by atoms with Gasteiger partial charge in [0.2, 0.25) is 5.91 Å². The molecule has 4 heteroatoms. The molecule has 3 unspecified atom stereocenters. The summed E-state index contributed by atoms with van der Waals surface area (Å²) in [6.45, 7) is 6.64. The summed E-state index contributed by atoms with van der Waals surface area (Å²) in [6, 6.07) is 0.561. The fourth-order valence-electron chi connectivity index (χ4n) is 2.14. The third-order valence-electron chi connectivity index (χ3n) is 3.67. The van der Waals surface area contributed by atoms with E-state index >= 15 is 0 Å². The predicted octanol–water partition coefficient (Wildman–Crippen LogP) is 1.30. The van der Waals surface area contributed by atoms with E-state index in [0.717, 1.165) is 12.8 Å². The number of hydrogen-bond acceptors (Lipinski definition) is 3. The molecule has 0 aliphatic heterocycles. The number of carbonyl (C=O) groups excluding carboxylic acids is 1. The zero-order valence-electron chi connectivity index (χ0n) is 11.5. The van der Waals surface area contributed by atoms with Gasteiger partial charge >= 0.3 is 0 Å². The lowest BCUT2D eigenvalue weighted by Crippen LogP contribution is -2.46. The van der Waals surface area contributed by atoms with Gasteiger partial charge in [-0.3, -0.25) is 4.79 Å². The molecule has 0 aromatic carbocycles. The molecule has 0 aromatic heterocycles. The van der Waals surface area contributed by atoms with Gasteiger partial charge in [0.1, 0.15) is 0 Å². The second kappa shape index (κ2) is 6.97. The molecule has 1 fully saturated rings. The summed E-state index contributed by atoms with van der Waals surface area (Å²) in [7, 11) is 1.74. The highest BCUT2D eigenvalue weighted by Crippen LogP contribution is 2.21. The molecule has 0 saturated heterocycles. The summed E-state index contributed by atoms with van der Waals surface area (Å²) in [5.41, 5.74) is 0. The molecule has 0 aromatic rings. The fourth-order valence-corrected chi connectivity index (χ4v) is 2.14. The van der Waals surface area contributed by atoms with E-state index in [9.17, 15) is 4.79 Å². The first kappa shape index (κ1) is 14.5. The monoisotopic (exact) mass is 242 g/mol. The Kier molecular flexibility index (Phi) is 5.92. The molecule has 17 heavy (non-hydrogen) atoms. The van der Waals surface area contributed by atoms with Gasteiger partial charge < -0.3 is 15.4 Å². The molecular formula is C13H26N2O2. The zero-order valence-corrected chi connectivity index (χ0v) is 11.5. The van der Waals surface area contributed by atoms with Crippen molar-refractivity contribution in [1.29, 1.82) is 0 Å². The maximum absolute atomic E-state index is 11.7. The average molecular weight is 242 g/mol. The first-order valence-corrected chi connectivity index (χ1v) is 6.60. The van der Waals surface area contributed by atoms with Crippen molar-refractivity contribution in [3.05, 3.63) is 0 Å². The van der Waals surface area contributed by atoms with E-state index in [2.05, 4.69) is 24.5 Å². The Morgan fingerprint density at radius 3 is 2.65 bits per heavy atom. The lowest BCUT2D eigenvalue weighted by atomic mass is 10.1. The minimum Gasteiger partial charge on any atom is -0.380 e. The number of amides is 1. The first-order chi connectivity index (χ1) is 8.04. The maximum Gasteiger partial charge on any atom is 0.234 e. The molecular weight excluding hydrogens is 216 g/mol. The average Bonchev–Trinajstić information content (AvgIpc) is 2.73. The summed E-state index contributed by atoms with van der Waals surface area (Å²) in [4.78, 5) is 11.7. The summed E-state index contributed by atoms with van der Waals surface area (Å²) >= 11 is 0. The van der Waals surface area contributed by atoms with E-state index in [0.29, 0.717) is 18.5 Å². The van der Waals surface area contributed by atoms with Crippen LogP contribution >= 0.6 is 0 Å². The molecule has 1 rings (SSSR count). The number of nitrogens with one attached hydrogen (secondary N) is 2. The van der Waals surface area contributed by atoms with Crippen LogP contribution in [0.3, 0.4) is 0 Å². The lowest BCUT2D eigenvalue weighted by Gasteiger charge is -2.21. The van der Waals surface area contributed by atoms with Gasteiger partial charge in [0.25, 0.3) is 0 Å². The smallest absolute Gasteiger partial charge is 0.234 e. The summed E-state index contributed by atoms with van der Waals surface area (Å²) in [6.07, 6.45) is 3.65. The van der Waals surface area contributed by atoms with Crippen molar-refractivity contribution in [3.63, 3.8) is 0 Å². The van der Waals surface area contributed by atoms with Gasteiger partial charge in [-0.15, -0.1) is 0 Å². The minimum absolute atomic E-state index is 0.0768. The summed E-state index contributed by atoms with van der Waals surface area (Å²) in [5, 5.41) is 6.28. The van der Waals surface area contributed by atoms with Gasteiger partial charge in [0.15, 0.2) is 0 Å². The Labute approximate surface area is 104 Å². The Hall–Kier alpha value is -0.610. The zero-order chi connectivity index (χ0) is 12.8. The van der Waals surface area contributed by atoms with Crippen LogP contribution in [-0.2, 0) is 9.53 Å². The van der Waals surface area contributed by atoms with Crippen LogP contribution in [0.5, 0.6) is 0 Å². The molecule has 1 amide bonds. The molecule has 0 spiro atoms. The first-order valence-electron chi connectivity index (χ1n) is 6.60. The van der Waals surface area contributed by atoms with Crippen LogP contribution in [0.2, 0.25) is 0 Å². The molecule has 1 saturated carbocycles. The quantitative estimate of drug-likeness (QED) is 0.738. The van der Waals surface area contributed by atoms with E-state index in [4.69, 9.17) is 4.74 Å². The van der Waals surface area contributed by atoms with Crippen molar-refractivity contribution >= 4 is 5.91 Å². The normalized spacial score (nSPS) is 26.2. The van der Waals surface area contributed by atoms with Crippen LogP contribution < -0.4 is 10.6 Å². The van der Waals surface area contributed by atoms with Crippen molar-refractivity contribution in [1.82, 2.24) is 10.6 Å². The molecule has 0 heterocycles. The summed E-state index contributed by atoms with van der Waals surface area (Å²) in [5.74, 6) is 0.546. The molecule has 4 nitrogen and oxygen atoms in total. The van der Waals surface area contributed by atoms with Gasteiger partial charge in [-0.05, 0) is 32.1 Å². The second-order valence-electron chi connectivity index (χ2n) is 5.29. The van der Waals surface area contributed by atoms with Crippen molar-refractivity contribution in [3.8, 4) is 0 Å².